The molecule has 1 atom stereocenters. The summed E-state index contributed by atoms with van der Waals surface area (Å²) in [6, 6.07) is 12.7. The van der Waals surface area contributed by atoms with E-state index in [2.05, 4.69) is 17.1 Å². The Morgan fingerprint density at radius 3 is 2.38 bits per heavy atom. The molecule has 1 unspecified atom stereocenters. The maximum atomic E-state index is 13.1. The number of rotatable bonds is 7. The van der Waals surface area contributed by atoms with Crippen LogP contribution in [0.3, 0.4) is 0 Å². The van der Waals surface area contributed by atoms with Crippen molar-refractivity contribution in [3.63, 3.8) is 0 Å². The van der Waals surface area contributed by atoms with Gasteiger partial charge in [0.05, 0.1) is 18.2 Å². The molecule has 0 saturated carbocycles. The number of unbranched alkanes of at least 4 members (excludes halogenated alkanes) is 1. The Morgan fingerprint density at radius 2 is 1.81 bits per heavy atom. The number of aliphatic hydroxyl groups is 1. The summed E-state index contributed by atoms with van der Waals surface area (Å²) in [5.74, 6) is -2.02. The first kappa shape index (κ1) is 27.8. The number of anilines is 1. The van der Waals surface area contributed by atoms with E-state index in [0.29, 0.717) is 33.5 Å². The summed E-state index contributed by atoms with van der Waals surface area (Å²) in [5, 5.41) is 28.0. The molecule has 1 aliphatic heterocycles. The van der Waals surface area contributed by atoms with Crippen molar-refractivity contribution in [3.8, 4) is 5.75 Å². The number of Topliss-reactive ketones (excluding diaryl/α,β-unsaturated/α-hetero) is 1. The van der Waals surface area contributed by atoms with Crippen LogP contribution in [0.5, 0.6) is 5.75 Å². The molecule has 37 heavy (non-hydrogen) atoms. The third-order valence-corrected chi connectivity index (χ3v) is 6.30. The average molecular weight is 544 g/mol. The summed E-state index contributed by atoms with van der Waals surface area (Å²) >= 11 is 7.39. The van der Waals surface area contributed by atoms with Crippen LogP contribution in [0.25, 0.3) is 5.76 Å². The van der Waals surface area contributed by atoms with E-state index in [1.54, 1.807) is 55.5 Å². The molecule has 194 valence electrons. The van der Waals surface area contributed by atoms with E-state index in [1.165, 1.54) is 16.2 Å². The zero-order valence-electron chi connectivity index (χ0n) is 20.5. The number of halogens is 1. The normalized spacial score (nSPS) is 16.3. The van der Waals surface area contributed by atoms with Crippen LogP contribution in [-0.4, -0.2) is 44.7 Å². The molecule has 1 saturated heterocycles. The Labute approximate surface area is 223 Å². The number of nitrogens with zero attached hydrogens (tertiary/aromatic N) is 3. The fraction of sp³-hybridized carbons (Fsp3) is 0.269. The minimum Gasteiger partial charge on any atom is -0.507 e. The highest BCUT2D eigenvalue weighted by Gasteiger charge is 2.48. The lowest BCUT2D eigenvalue weighted by Gasteiger charge is -2.22. The first-order valence-corrected chi connectivity index (χ1v) is 12.6. The van der Waals surface area contributed by atoms with Crippen LogP contribution < -0.4 is 9.64 Å². The number of aromatic nitrogens is 2. The SMILES string of the molecule is CC(=O)O.CCCCOc1ccc(/C(O)=C2\C(=O)C(=O)N(c3nnc(C)s3)C2c2cccc(Cl)c2)cc1. The molecule has 1 amide bonds. The standard InChI is InChI=1S/C24H22ClN3O4S.C2H4O2/c1-3-4-12-32-18-10-8-15(9-11-18)21(29)19-20(16-6-5-7-17(25)13-16)28(23(31)22(19)30)24-27-26-14(2)33-24;1-2(3)4/h5-11,13,20,29H,3-4,12H2,1-2H3;1H3,(H,3,4)/b21-19+;. The van der Waals surface area contributed by atoms with E-state index in [1.807, 2.05) is 0 Å². The number of carboxylic acids is 1. The van der Waals surface area contributed by atoms with Gasteiger partial charge in [0, 0.05) is 17.5 Å². The third kappa shape index (κ3) is 6.72. The fourth-order valence-corrected chi connectivity index (χ4v) is 4.52. The minimum atomic E-state index is -0.892. The van der Waals surface area contributed by atoms with Crippen molar-refractivity contribution in [1.82, 2.24) is 10.2 Å². The lowest BCUT2D eigenvalue weighted by Crippen LogP contribution is -2.29. The van der Waals surface area contributed by atoms with Gasteiger partial charge in [-0.25, -0.2) is 0 Å². The van der Waals surface area contributed by atoms with Gasteiger partial charge >= 0.3 is 5.91 Å². The van der Waals surface area contributed by atoms with Crippen molar-refractivity contribution in [2.75, 3.05) is 11.5 Å². The summed E-state index contributed by atoms with van der Waals surface area (Å²) in [6.45, 7) is 5.53. The molecule has 9 nitrogen and oxygen atoms in total. The molecule has 0 aliphatic carbocycles. The number of carboxylic acid groups (broad SMARTS) is 1. The van der Waals surface area contributed by atoms with Crippen molar-refractivity contribution in [1.29, 1.82) is 0 Å². The summed E-state index contributed by atoms with van der Waals surface area (Å²) < 4.78 is 5.67. The van der Waals surface area contributed by atoms with Gasteiger partial charge in [-0.3, -0.25) is 19.3 Å². The van der Waals surface area contributed by atoms with Crippen molar-refractivity contribution in [3.05, 3.63) is 75.3 Å². The van der Waals surface area contributed by atoms with Crippen molar-refractivity contribution in [2.24, 2.45) is 0 Å². The summed E-state index contributed by atoms with van der Waals surface area (Å²) in [6.07, 6.45) is 1.96. The number of aliphatic hydroxyl groups excluding tert-OH is 1. The van der Waals surface area contributed by atoms with Crippen molar-refractivity contribution in [2.45, 2.75) is 39.7 Å². The molecular weight excluding hydrogens is 518 g/mol. The van der Waals surface area contributed by atoms with E-state index in [9.17, 15) is 14.7 Å². The highest BCUT2D eigenvalue weighted by Crippen LogP contribution is 2.43. The Balaban J connectivity index is 0.000000886. The van der Waals surface area contributed by atoms with E-state index in [4.69, 9.17) is 26.2 Å². The van der Waals surface area contributed by atoms with Gasteiger partial charge in [-0.1, -0.05) is 48.4 Å². The second kappa shape index (κ2) is 12.5. The highest BCUT2D eigenvalue weighted by atomic mass is 35.5. The number of carbonyl (C=O) groups is 3. The largest absolute Gasteiger partial charge is 0.507 e. The number of aryl methyl sites for hydroxylation is 1. The van der Waals surface area contributed by atoms with Gasteiger partial charge in [0.25, 0.3) is 11.8 Å². The summed E-state index contributed by atoms with van der Waals surface area (Å²) in [5.41, 5.74) is 0.946. The van der Waals surface area contributed by atoms with Crippen LogP contribution >= 0.6 is 22.9 Å². The number of hydrogen-bond donors (Lipinski definition) is 2. The quantitative estimate of drug-likeness (QED) is 0.175. The van der Waals surface area contributed by atoms with E-state index >= 15 is 0 Å². The second-order valence-electron chi connectivity index (χ2n) is 8.07. The number of ketones is 1. The Kier molecular flexibility index (Phi) is 9.37. The van der Waals surface area contributed by atoms with Gasteiger partial charge in [0.1, 0.15) is 16.5 Å². The molecule has 0 radical (unpaired) electrons. The zero-order valence-corrected chi connectivity index (χ0v) is 22.0. The van der Waals surface area contributed by atoms with Gasteiger partial charge in [-0.05, 0) is 55.3 Å². The fourth-order valence-electron chi connectivity index (χ4n) is 3.60. The molecule has 2 N–H and O–H groups in total. The second-order valence-corrected chi connectivity index (χ2v) is 9.67. The van der Waals surface area contributed by atoms with Crippen molar-refractivity contribution >= 4 is 51.5 Å². The zero-order chi connectivity index (χ0) is 27.1. The monoisotopic (exact) mass is 543 g/mol. The van der Waals surface area contributed by atoms with E-state index < -0.39 is 23.7 Å². The van der Waals surface area contributed by atoms with Gasteiger partial charge in [-0.15, -0.1) is 10.2 Å². The smallest absolute Gasteiger partial charge is 0.301 e. The topological polar surface area (TPSA) is 130 Å². The van der Waals surface area contributed by atoms with Crippen molar-refractivity contribution < 1.29 is 29.3 Å². The molecule has 2 aromatic carbocycles. The first-order chi connectivity index (χ1) is 17.6. The molecule has 0 bridgehead atoms. The summed E-state index contributed by atoms with van der Waals surface area (Å²) in [7, 11) is 0. The van der Waals surface area contributed by atoms with Gasteiger partial charge in [-0.2, -0.15) is 0 Å². The lowest BCUT2D eigenvalue weighted by atomic mass is 9.95. The Morgan fingerprint density at radius 1 is 1.14 bits per heavy atom. The predicted molar refractivity (Wildman–Crippen MR) is 141 cm³/mol. The molecule has 3 aromatic rings. The third-order valence-electron chi connectivity index (χ3n) is 5.22. The molecule has 1 aromatic heterocycles. The highest BCUT2D eigenvalue weighted by molar-refractivity contribution is 7.15. The number of aliphatic carboxylic acids is 1. The molecule has 4 rings (SSSR count). The number of ether oxygens (including phenoxy) is 1. The average Bonchev–Trinajstić information content (AvgIpc) is 3.39. The van der Waals surface area contributed by atoms with E-state index in [-0.39, 0.29) is 16.5 Å². The predicted octanol–water partition coefficient (Wildman–Crippen LogP) is 5.40. The van der Waals surface area contributed by atoms with Crippen LogP contribution in [0.2, 0.25) is 5.02 Å². The number of carbonyl (C=O) groups excluding carboxylic acids is 2. The van der Waals surface area contributed by atoms with Gasteiger partial charge < -0.3 is 14.9 Å². The Bertz CT molecular complexity index is 1320. The van der Waals surface area contributed by atoms with Crippen LogP contribution in [0.4, 0.5) is 5.13 Å². The molecule has 2 heterocycles. The molecule has 0 spiro atoms. The lowest BCUT2D eigenvalue weighted by molar-refractivity contribution is -0.134. The molecule has 1 aliphatic rings. The maximum absolute atomic E-state index is 13.1. The van der Waals surface area contributed by atoms with Gasteiger partial charge in [0.2, 0.25) is 5.13 Å². The van der Waals surface area contributed by atoms with Crippen LogP contribution in [0.1, 0.15) is 48.9 Å². The molecule has 11 heteroatoms. The summed E-state index contributed by atoms with van der Waals surface area (Å²) in [4.78, 5) is 36.4. The van der Waals surface area contributed by atoms with Gasteiger partial charge in [0.15, 0.2) is 0 Å². The van der Waals surface area contributed by atoms with Crippen LogP contribution in [0.15, 0.2) is 54.1 Å². The maximum Gasteiger partial charge on any atom is 0.301 e. The molecular formula is C26H26ClN3O6S. The number of amides is 1. The number of benzene rings is 2. The number of hydrogen-bond acceptors (Lipinski definition) is 8. The van der Waals surface area contributed by atoms with Crippen LogP contribution in [-0.2, 0) is 14.4 Å². The first-order valence-electron chi connectivity index (χ1n) is 11.4. The Hall–Kier alpha value is -3.76. The van der Waals surface area contributed by atoms with E-state index in [0.717, 1.165) is 19.8 Å². The minimum absolute atomic E-state index is 0.0326. The molecule has 1 fully saturated rings. The van der Waals surface area contributed by atoms with Crippen LogP contribution in [0, 0.1) is 6.92 Å².